The molecule has 3 rings (SSSR count). The molecule has 1 fully saturated rings. The number of nitrogens with one attached hydrogen (secondary N) is 1. The molecule has 21 heavy (non-hydrogen) atoms. The molecule has 8 heteroatoms. The minimum Gasteiger partial charge on any atom is -0.379 e. The third-order valence-corrected chi connectivity index (χ3v) is 3.42. The first-order chi connectivity index (χ1) is 10.3. The zero-order chi connectivity index (χ0) is 14.7. The van der Waals surface area contributed by atoms with Crippen molar-refractivity contribution in [3.8, 4) is 5.95 Å². The summed E-state index contributed by atoms with van der Waals surface area (Å²) >= 11 is 0. The molecule has 0 bridgehead atoms. The van der Waals surface area contributed by atoms with Gasteiger partial charge >= 0.3 is 0 Å². The molecule has 0 aliphatic carbocycles. The van der Waals surface area contributed by atoms with Crippen molar-refractivity contribution >= 4 is 11.9 Å². The van der Waals surface area contributed by atoms with Crippen molar-refractivity contribution in [1.82, 2.24) is 24.7 Å². The van der Waals surface area contributed by atoms with Crippen molar-refractivity contribution < 1.29 is 4.74 Å². The van der Waals surface area contributed by atoms with Gasteiger partial charge in [0.2, 0.25) is 11.9 Å². The Labute approximate surface area is 123 Å². The minimum absolute atomic E-state index is 0.298. The number of rotatable bonds is 5. The fraction of sp³-hybridized carbons (Fsp3) is 0.538. The number of likely N-dealkylation sites (N-methyl/N-ethyl adjacent to an activating group) is 1. The molecule has 2 aromatic heterocycles. The maximum absolute atomic E-state index is 5.43. The summed E-state index contributed by atoms with van der Waals surface area (Å²) in [5.41, 5.74) is 0. The second-order valence-corrected chi connectivity index (χ2v) is 4.87. The first kappa shape index (κ1) is 13.7. The van der Waals surface area contributed by atoms with Gasteiger partial charge in [-0.1, -0.05) is 0 Å². The summed E-state index contributed by atoms with van der Waals surface area (Å²) in [4.78, 5) is 15.4. The Hall–Kier alpha value is -2.22. The van der Waals surface area contributed by atoms with Crippen molar-refractivity contribution in [2.75, 3.05) is 37.0 Å². The van der Waals surface area contributed by atoms with Crippen LogP contribution in [0.3, 0.4) is 0 Å². The highest BCUT2D eigenvalue weighted by Crippen LogP contribution is 2.18. The predicted octanol–water partition coefficient (Wildman–Crippen LogP) is 0.714. The average Bonchev–Trinajstić information content (AvgIpc) is 3.19. The highest BCUT2D eigenvalue weighted by molar-refractivity contribution is 5.40. The fourth-order valence-electron chi connectivity index (χ4n) is 2.23. The molecule has 8 nitrogen and oxygen atoms in total. The summed E-state index contributed by atoms with van der Waals surface area (Å²) in [5, 5.41) is 7.31. The Morgan fingerprint density at radius 3 is 3.00 bits per heavy atom. The Bertz CT molecular complexity index is 580. The Morgan fingerprint density at radius 1 is 1.43 bits per heavy atom. The first-order valence-corrected chi connectivity index (χ1v) is 7.08. The molecule has 1 N–H and O–H groups in total. The molecular formula is C13H19N7O. The van der Waals surface area contributed by atoms with Gasteiger partial charge in [0.1, 0.15) is 0 Å². The summed E-state index contributed by atoms with van der Waals surface area (Å²) in [6.45, 7) is 4.24. The lowest BCUT2D eigenvalue weighted by Crippen LogP contribution is -2.33. The quantitative estimate of drug-likeness (QED) is 0.868. The Kier molecular flexibility index (Phi) is 3.96. The fourth-order valence-corrected chi connectivity index (χ4v) is 2.23. The van der Waals surface area contributed by atoms with Crippen molar-refractivity contribution in [2.24, 2.45) is 0 Å². The van der Waals surface area contributed by atoms with Gasteiger partial charge in [0.05, 0.1) is 12.6 Å². The lowest BCUT2D eigenvalue weighted by Gasteiger charge is -2.23. The van der Waals surface area contributed by atoms with Crippen molar-refractivity contribution in [3.63, 3.8) is 0 Å². The van der Waals surface area contributed by atoms with Crippen LogP contribution in [0, 0.1) is 0 Å². The molecule has 0 radical (unpaired) electrons. The number of aromatic nitrogens is 5. The van der Waals surface area contributed by atoms with E-state index in [0.717, 1.165) is 19.6 Å². The van der Waals surface area contributed by atoms with Crippen LogP contribution in [0.5, 0.6) is 0 Å². The summed E-state index contributed by atoms with van der Waals surface area (Å²) in [6, 6.07) is 2.14. The standard InChI is InChI=1S/C13H19N7O/c1-3-14-11-16-12(19(2)10-5-8-21-9-10)18-13(17-11)20-7-4-6-15-20/h4,6-7,10H,3,5,8-9H2,1-2H3,(H,14,16,17,18). The number of ether oxygens (including phenoxy) is 1. The largest absolute Gasteiger partial charge is 0.379 e. The molecule has 0 aromatic carbocycles. The van der Waals surface area contributed by atoms with Gasteiger partial charge in [-0.2, -0.15) is 20.1 Å². The van der Waals surface area contributed by atoms with Crippen LogP contribution in [0.15, 0.2) is 18.5 Å². The van der Waals surface area contributed by atoms with E-state index in [1.165, 1.54) is 0 Å². The van der Waals surface area contributed by atoms with E-state index in [-0.39, 0.29) is 0 Å². The topological polar surface area (TPSA) is 81.0 Å². The molecule has 0 amide bonds. The molecule has 1 atom stereocenters. The van der Waals surface area contributed by atoms with E-state index < -0.39 is 0 Å². The first-order valence-electron chi connectivity index (χ1n) is 7.08. The van der Waals surface area contributed by atoms with E-state index in [2.05, 4.69) is 25.4 Å². The van der Waals surface area contributed by atoms with Crippen molar-refractivity contribution in [2.45, 2.75) is 19.4 Å². The normalized spacial score (nSPS) is 17.9. The molecule has 0 saturated carbocycles. The molecular weight excluding hydrogens is 270 g/mol. The summed E-state index contributed by atoms with van der Waals surface area (Å²) in [7, 11) is 1.98. The summed E-state index contributed by atoms with van der Waals surface area (Å²) in [5.74, 6) is 1.69. The van der Waals surface area contributed by atoms with E-state index in [4.69, 9.17) is 4.74 Å². The van der Waals surface area contributed by atoms with Gasteiger partial charge in [-0.15, -0.1) is 0 Å². The van der Waals surface area contributed by atoms with Crippen molar-refractivity contribution in [3.05, 3.63) is 18.5 Å². The van der Waals surface area contributed by atoms with E-state index in [9.17, 15) is 0 Å². The maximum atomic E-state index is 5.43. The van der Waals surface area contributed by atoms with E-state index in [0.29, 0.717) is 30.5 Å². The van der Waals surface area contributed by atoms with Gasteiger partial charge in [-0.3, -0.25) is 0 Å². The van der Waals surface area contributed by atoms with Gasteiger partial charge in [0, 0.05) is 32.6 Å². The van der Waals surface area contributed by atoms with E-state index in [1.54, 1.807) is 10.9 Å². The van der Waals surface area contributed by atoms with Crippen LogP contribution in [0.1, 0.15) is 13.3 Å². The monoisotopic (exact) mass is 289 g/mol. The van der Waals surface area contributed by atoms with Crippen LogP contribution in [0.4, 0.5) is 11.9 Å². The highest BCUT2D eigenvalue weighted by Gasteiger charge is 2.23. The zero-order valence-corrected chi connectivity index (χ0v) is 12.2. The zero-order valence-electron chi connectivity index (χ0n) is 12.2. The van der Waals surface area contributed by atoms with E-state index >= 15 is 0 Å². The number of hydrogen-bond acceptors (Lipinski definition) is 7. The predicted molar refractivity (Wildman–Crippen MR) is 78.7 cm³/mol. The summed E-state index contributed by atoms with van der Waals surface area (Å²) < 4.78 is 7.06. The molecule has 3 heterocycles. The van der Waals surface area contributed by atoms with Crippen LogP contribution in [-0.2, 0) is 4.74 Å². The molecule has 2 aromatic rings. The number of hydrogen-bond donors (Lipinski definition) is 1. The van der Waals surface area contributed by atoms with Gasteiger partial charge in [0.25, 0.3) is 5.95 Å². The second kappa shape index (κ2) is 6.04. The van der Waals surface area contributed by atoms with E-state index in [1.807, 2.05) is 31.1 Å². The SMILES string of the molecule is CCNc1nc(N(C)C2CCOC2)nc(-n2cccn2)n1. The molecule has 1 aliphatic heterocycles. The molecule has 1 unspecified atom stereocenters. The number of anilines is 2. The Balaban J connectivity index is 1.94. The van der Waals surface area contributed by atoms with Crippen molar-refractivity contribution in [1.29, 1.82) is 0 Å². The molecule has 112 valence electrons. The van der Waals surface area contributed by atoms with Crippen LogP contribution < -0.4 is 10.2 Å². The average molecular weight is 289 g/mol. The van der Waals surface area contributed by atoms with Crippen LogP contribution in [0.25, 0.3) is 5.95 Å². The smallest absolute Gasteiger partial charge is 0.257 e. The highest BCUT2D eigenvalue weighted by atomic mass is 16.5. The molecule has 1 saturated heterocycles. The van der Waals surface area contributed by atoms with Gasteiger partial charge < -0.3 is 15.0 Å². The Morgan fingerprint density at radius 2 is 2.33 bits per heavy atom. The van der Waals surface area contributed by atoms with Crippen LogP contribution >= 0.6 is 0 Å². The molecule has 1 aliphatic rings. The third kappa shape index (κ3) is 2.94. The maximum Gasteiger partial charge on any atom is 0.257 e. The second-order valence-electron chi connectivity index (χ2n) is 4.87. The minimum atomic E-state index is 0.298. The lowest BCUT2D eigenvalue weighted by atomic mass is 10.2. The third-order valence-electron chi connectivity index (χ3n) is 3.42. The van der Waals surface area contributed by atoms with Crippen LogP contribution in [0.2, 0.25) is 0 Å². The van der Waals surface area contributed by atoms with Gasteiger partial charge in [0.15, 0.2) is 0 Å². The van der Waals surface area contributed by atoms with Gasteiger partial charge in [-0.05, 0) is 19.4 Å². The number of nitrogens with zero attached hydrogens (tertiary/aromatic N) is 6. The molecule has 0 spiro atoms. The van der Waals surface area contributed by atoms with Crippen LogP contribution in [-0.4, -0.2) is 57.6 Å². The van der Waals surface area contributed by atoms with Gasteiger partial charge in [-0.25, -0.2) is 4.68 Å². The summed E-state index contributed by atoms with van der Waals surface area (Å²) in [6.07, 6.45) is 4.49. The lowest BCUT2D eigenvalue weighted by molar-refractivity contribution is 0.193.